The van der Waals surface area contributed by atoms with Crippen LogP contribution in [0, 0.1) is 0 Å². The molecule has 8 nitrogen and oxygen atoms in total. The molecule has 2 N–H and O–H groups in total. The molecule has 0 aliphatic carbocycles. The summed E-state index contributed by atoms with van der Waals surface area (Å²) in [4.78, 5) is 24.7. The number of aliphatic hydroxyl groups excluding tert-OH is 1. The van der Waals surface area contributed by atoms with E-state index >= 15 is 0 Å². The first kappa shape index (κ1) is 44.5. The van der Waals surface area contributed by atoms with E-state index in [1.165, 1.54) is 109 Å². The lowest BCUT2D eigenvalue weighted by molar-refractivity contribution is -0.870. The van der Waals surface area contributed by atoms with Gasteiger partial charge in [0, 0.05) is 6.42 Å². The lowest BCUT2D eigenvalue weighted by Crippen LogP contribution is -2.46. The van der Waals surface area contributed by atoms with Crippen LogP contribution in [0.25, 0.3) is 0 Å². The molecule has 1 amide bonds. The van der Waals surface area contributed by atoms with Crippen molar-refractivity contribution in [1.82, 2.24) is 5.32 Å². The fourth-order valence-corrected chi connectivity index (χ4v) is 6.23. The number of nitrogens with one attached hydrogen (secondary N) is 1. The molecular formula is C36H75N2O6P. The van der Waals surface area contributed by atoms with Crippen molar-refractivity contribution in [3.05, 3.63) is 0 Å². The van der Waals surface area contributed by atoms with Gasteiger partial charge in [-0.1, -0.05) is 155 Å². The number of quaternary nitrogens is 1. The van der Waals surface area contributed by atoms with Crippen LogP contribution in [0.15, 0.2) is 0 Å². The Bertz CT molecular complexity index is 718. The molecule has 0 fully saturated rings. The van der Waals surface area contributed by atoms with Gasteiger partial charge in [-0.2, -0.15) is 0 Å². The summed E-state index contributed by atoms with van der Waals surface area (Å²) in [5.74, 6) is -0.189. The molecule has 9 heteroatoms. The third-order valence-corrected chi connectivity index (χ3v) is 9.56. The fraction of sp³-hybridized carbons (Fsp3) is 0.972. The van der Waals surface area contributed by atoms with Crippen LogP contribution >= 0.6 is 7.82 Å². The van der Waals surface area contributed by atoms with Gasteiger partial charge < -0.3 is 28.8 Å². The average Bonchev–Trinajstić information content (AvgIpc) is 2.97. The Morgan fingerprint density at radius 2 is 1.09 bits per heavy atom. The molecule has 45 heavy (non-hydrogen) atoms. The molecule has 3 atom stereocenters. The Hall–Kier alpha value is -0.500. The van der Waals surface area contributed by atoms with Gasteiger partial charge in [-0.05, 0) is 12.8 Å². The number of amides is 1. The molecule has 0 aliphatic heterocycles. The first-order chi connectivity index (χ1) is 21.5. The molecule has 0 bridgehead atoms. The molecule has 0 aromatic heterocycles. The van der Waals surface area contributed by atoms with Crippen molar-refractivity contribution in [2.45, 2.75) is 187 Å². The third-order valence-electron chi connectivity index (χ3n) is 8.60. The van der Waals surface area contributed by atoms with Crippen LogP contribution in [0.2, 0.25) is 0 Å². The van der Waals surface area contributed by atoms with Crippen molar-refractivity contribution in [2.75, 3.05) is 40.9 Å². The van der Waals surface area contributed by atoms with Gasteiger partial charge >= 0.3 is 0 Å². The van der Waals surface area contributed by atoms with Crippen molar-refractivity contribution in [2.24, 2.45) is 0 Å². The molecule has 0 spiro atoms. The summed E-state index contributed by atoms with van der Waals surface area (Å²) < 4.78 is 22.9. The van der Waals surface area contributed by atoms with Crippen molar-refractivity contribution >= 4 is 13.7 Å². The summed E-state index contributed by atoms with van der Waals surface area (Å²) in [6.45, 7) is 4.55. The monoisotopic (exact) mass is 663 g/mol. The van der Waals surface area contributed by atoms with Gasteiger partial charge in [0.05, 0.1) is 39.9 Å². The first-order valence-corrected chi connectivity index (χ1v) is 20.3. The Labute approximate surface area is 279 Å². The van der Waals surface area contributed by atoms with Crippen molar-refractivity contribution < 1.29 is 32.9 Å². The fourth-order valence-electron chi connectivity index (χ4n) is 5.51. The van der Waals surface area contributed by atoms with E-state index in [4.69, 9.17) is 9.05 Å². The maximum absolute atomic E-state index is 12.4. The minimum absolute atomic E-state index is 0.0142. The second kappa shape index (κ2) is 29.6. The summed E-state index contributed by atoms with van der Waals surface area (Å²) in [6, 6.07) is -0.788. The predicted molar refractivity (Wildman–Crippen MR) is 187 cm³/mol. The maximum atomic E-state index is 12.4. The van der Waals surface area contributed by atoms with Crippen LogP contribution in [0.4, 0.5) is 0 Å². The number of carbonyl (C=O) groups is 1. The number of phosphoric acid groups is 1. The average molecular weight is 663 g/mol. The molecule has 0 saturated heterocycles. The van der Waals surface area contributed by atoms with E-state index in [1.54, 1.807) is 0 Å². The van der Waals surface area contributed by atoms with Gasteiger partial charge in [-0.3, -0.25) is 9.36 Å². The van der Waals surface area contributed by atoms with Gasteiger partial charge in [0.25, 0.3) is 7.82 Å². The Balaban J connectivity index is 4.05. The predicted octanol–water partition coefficient (Wildman–Crippen LogP) is 8.83. The number of rotatable bonds is 34. The second-order valence-corrected chi connectivity index (χ2v) is 15.7. The van der Waals surface area contributed by atoms with Crippen LogP contribution < -0.4 is 10.2 Å². The Morgan fingerprint density at radius 3 is 1.51 bits per heavy atom. The molecule has 0 aromatic rings. The highest BCUT2D eigenvalue weighted by molar-refractivity contribution is 7.45. The van der Waals surface area contributed by atoms with Crippen molar-refractivity contribution in [3.8, 4) is 0 Å². The molecule has 0 rings (SSSR count). The van der Waals surface area contributed by atoms with E-state index in [0.29, 0.717) is 23.9 Å². The number of likely N-dealkylation sites (N-methyl/N-ethyl adjacent to an activating group) is 1. The van der Waals surface area contributed by atoms with Crippen LogP contribution in [0.5, 0.6) is 0 Å². The highest BCUT2D eigenvalue weighted by atomic mass is 31.2. The number of hydrogen-bond donors (Lipinski definition) is 2. The molecule has 0 saturated carbocycles. The van der Waals surface area contributed by atoms with Gasteiger partial charge in [0.1, 0.15) is 13.2 Å². The normalized spacial score (nSPS) is 14.7. The Kier molecular flexibility index (Phi) is 29.3. The number of unbranched alkanes of at least 4 members (excludes halogenated alkanes) is 21. The van der Waals surface area contributed by atoms with Crippen LogP contribution in [-0.2, 0) is 18.4 Å². The van der Waals surface area contributed by atoms with Crippen LogP contribution in [0.1, 0.15) is 174 Å². The zero-order valence-corrected chi connectivity index (χ0v) is 31.2. The maximum Gasteiger partial charge on any atom is 0.268 e. The van der Waals surface area contributed by atoms with Crippen molar-refractivity contribution in [3.63, 3.8) is 0 Å². The summed E-state index contributed by atoms with van der Waals surface area (Å²) >= 11 is 0. The zero-order valence-electron chi connectivity index (χ0n) is 30.3. The lowest BCUT2D eigenvalue weighted by Gasteiger charge is -2.30. The van der Waals surface area contributed by atoms with Gasteiger partial charge in [-0.15, -0.1) is 0 Å². The van der Waals surface area contributed by atoms with E-state index < -0.39 is 20.0 Å². The molecular weight excluding hydrogens is 587 g/mol. The van der Waals surface area contributed by atoms with E-state index in [0.717, 1.165) is 38.5 Å². The highest BCUT2D eigenvalue weighted by Gasteiger charge is 2.24. The molecule has 0 heterocycles. The molecule has 3 unspecified atom stereocenters. The summed E-state index contributed by atoms with van der Waals surface area (Å²) in [5, 5.41) is 13.6. The number of hydrogen-bond acceptors (Lipinski definition) is 6. The van der Waals surface area contributed by atoms with Gasteiger partial charge in [-0.25, -0.2) is 0 Å². The van der Waals surface area contributed by atoms with Gasteiger partial charge in [0.15, 0.2) is 0 Å². The van der Waals surface area contributed by atoms with Gasteiger partial charge in [0.2, 0.25) is 5.91 Å². The van der Waals surface area contributed by atoms with E-state index in [9.17, 15) is 19.4 Å². The van der Waals surface area contributed by atoms with E-state index in [1.807, 2.05) is 21.1 Å². The second-order valence-electron chi connectivity index (χ2n) is 14.3. The topological polar surface area (TPSA) is 108 Å². The summed E-state index contributed by atoms with van der Waals surface area (Å²) in [7, 11) is 1.31. The standard InChI is InChI=1S/C36H75N2O6P/c1-6-8-10-11-12-13-14-15-16-17-18-19-20-21-22-23-24-25-26-28-29-35(39)34(37-36(40)30-27-9-7-2)33-44-45(41,42)43-32-31-38(3,4)5/h34-35,39H,6-33H2,1-5H3,(H-,37,40,41,42). The van der Waals surface area contributed by atoms with Crippen LogP contribution in [0.3, 0.4) is 0 Å². The summed E-state index contributed by atoms with van der Waals surface area (Å²) in [5.41, 5.74) is 0. The molecule has 270 valence electrons. The lowest BCUT2D eigenvalue weighted by atomic mass is 10.0. The highest BCUT2D eigenvalue weighted by Crippen LogP contribution is 2.38. The molecule has 0 aliphatic rings. The number of phosphoric ester groups is 1. The smallest absolute Gasteiger partial charge is 0.268 e. The number of aliphatic hydroxyl groups is 1. The number of nitrogens with zero attached hydrogens (tertiary/aromatic N) is 1. The van der Waals surface area contributed by atoms with E-state index in [2.05, 4.69) is 19.2 Å². The zero-order chi connectivity index (χ0) is 33.7. The largest absolute Gasteiger partial charge is 0.756 e. The minimum Gasteiger partial charge on any atom is -0.756 e. The van der Waals surface area contributed by atoms with E-state index in [-0.39, 0.29) is 19.1 Å². The third kappa shape index (κ3) is 31.8. The SMILES string of the molecule is CCCCCCCCCCCCCCCCCCCCCCC(O)C(COP(=O)([O-])OCC[N+](C)(C)C)NC(=O)CCCCC. The number of carbonyl (C=O) groups excluding carboxylic acids is 1. The minimum atomic E-state index is -4.53. The van der Waals surface area contributed by atoms with Crippen molar-refractivity contribution in [1.29, 1.82) is 0 Å². The molecule has 0 radical (unpaired) electrons. The molecule has 0 aromatic carbocycles. The summed E-state index contributed by atoms with van der Waals surface area (Å²) in [6.07, 6.45) is 29.0. The van der Waals surface area contributed by atoms with Crippen LogP contribution in [-0.4, -0.2) is 68.5 Å². The Morgan fingerprint density at radius 1 is 0.689 bits per heavy atom. The first-order valence-electron chi connectivity index (χ1n) is 18.9. The quantitative estimate of drug-likeness (QED) is 0.0405.